The lowest BCUT2D eigenvalue weighted by molar-refractivity contribution is 0.0342. The van der Waals surface area contributed by atoms with Crippen LogP contribution in [0.5, 0.6) is 0 Å². The third-order valence-corrected chi connectivity index (χ3v) is 3.72. The first-order valence-electron chi connectivity index (χ1n) is 7.26. The Hall–Kier alpha value is -1.92. The lowest BCUT2D eigenvalue weighted by Crippen LogP contribution is -2.46. The van der Waals surface area contributed by atoms with Gasteiger partial charge in [0, 0.05) is 36.6 Å². The number of benzene rings is 1. The minimum atomic E-state index is -0.0488. The molecule has 3 rings (SSSR count). The Bertz CT molecular complexity index is 619. The number of morpholine rings is 1. The molecule has 21 heavy (non-hydrogen) atoms. The van der Waals surface area contributed by atoms with Gasteiger partial charge in [0.25, 0.3) is 5.91 Å². The summed E-state index contributed by atoms with van der Waals surface area (Å²) in [5.41, 5.74) is 1.53. The Morgan fingerprint density at radius 3 is 3.10 bits per heavy atom. The number of hydrogen-bond donors (Lipinski definition) is 2. The number of carbonyl (C=O) groups excluding carboxylic acids is 1. The van der Waals surface area contributed by atoms with Crippen molar-refractivity contribution in [3.8, 4) is 0 Å². The van der Waals surface area contributed by atoms with E-state index in [9.17, 15) is 4.79 Å². The number of amides is 1. The first kappa shape index (κ1) is 14.0. The van der Waals surface area contributed by atoms with E-state index in [0.29, 0.717) is 5.56 Å². The van der Waals surface area contributed by atoms with Gasteiger partial charge in [0.05, 0.1) is 24.9 Å². The van der Waals surface area contributed by atoms with Crippen molar-refractivity contribution in [3.63, 3.8) is 0 Å². The predicted octanol–water partition coefficient (Wildman–Crippen LogP) is 1.01. The van der Waals surface area contributed by atoms with Crippen LogP contribution in [0.1, 0.15) is 17.3 Å². The van der Waals surface area contributed by atoms with E-state index in [1.807, 2.05) is 25.1 Å². The molecule has 0 spiro atoms. The van der Waals surface area contributed by atoms with Crippen molar-refractivity contribution in [1.29, 1.82) is 0 Å². The van der Waals surface area contributed by atoms with E-state index in [2.05, 4.69) is 20.4 Å². The van der Waals surface area contributed by atoms with Crippen LogP contribution in [0.3, 0.4) is 0 Å². The molecule has 0 radical (unpaired) electrons. The number of aromatic amines is 1. The van der Waals surface area contributed by atoms with Gasteiger partial charge in [0.2, 0.25) is 0 Å². The van der Waals surface area contributed by atoms with Gasteiger partial charge in [0.15, 0.2) is 0 Å². The molecule has 0 aliphatic carbocycles. The Morgan fingerprint density at radius 1 is 1.48 bits per heavy atom. The van der Waals surface area contributed by atoms with Crippen LogP contribution < -0.4 is 5.32 Å². The van der Waals surface area contributed by atoms with Gasteiger partial charge in [-0.15, -0.1) is 0 Å². The Morgan fingerprint density at radius 2 is 2.29 bits per heavy atom. The third kappa shape index (κ3) is 3.40. The minimum absolute atomic E-state index is 0.0488. The second kappa shape index (κ2) is 6.24. The summed E-state index contributed by atoms with van der Waals surface area (Å²) in [4.78, 5) is 14.6. The van der Waals surface area contributed by atoms with E-state index in [4.69, 9.17) is 4.74 Å². The second-order valence-electron chi connectivity index (χ2n) is 5.46. The summed E-state index contributed by atoms with van der Waals surface area (Å²) in [7, 11) is 0. The number of ether oxygens (including phenoxy) is 1. The van der Waals surface area contributed by atoms with Crippen LogP contribution >= 0.6 is 0 Å². The number of carbonyl (C=O) groups is 1. The first-order chi connectivity index (χ1) is 10.2. The average Bonchev–Trinajstić information content (AvgIpc) is 2.95. The van der Waals surface area contributed by atoms with Crippen molar-refractivity contribution in [3.05, 3.63) is 30.0 Å². The Labute approximate surface area is 123 Å². The van der Waals surface area contributed by atoms with Crippen LogP contribution in [-0.2, 0) is 4.74 Å². The smallest absolute Gasteiger partial charge is 0.251 e. The highest BCUT2D eigenvalue weighted by atomic mass is 16.5. The molecule has 0 saturated carbocycles. The van der Waals surface area contributed by atoms with E-state index >= 15 is 0 Å². The van der Waals surface area contributed by atoms with Gasteiger partial charge in [-0.25, -0.2) is 0 Å². The maximum atomic E-state index is 12.3. The lowest BCUT2D eigenvalue weighted by atomic mass is 10.1. The molecule has 0 bridgehead atoms. The number of aromatic nitrogens is 2. The lowest BCUT2D eigenvalue weighted by Gasteiger charge is -2.29. The maximum absolute atomic E-state index is 12.3. The number of nitrogens with zero attached hydrogens (tertiary/aromatic N) is 2. The van der Waals surface area contributed by atoms with Crippen LogP contribution in [0.25, 0.3) is 10.9 Å². The minimum Gasteiger partial charge on any atom is -0.379 e. The quantitative estimate of drug-likeness (QED) is 0.881. The van der Waals surface area contributed by atoms with Crippen LogP contribution in [-0.4, -0.2) is 59.9 Å². The molecule has 1 fully saturated rings. The zero-order valence-electron chi connectivity index (χ0n) is 12.1. The molecular weight excluding hydrogens is 268 g/mol. The molecule has 1 aliphatic heterocycles. The standard InChI is InChI=1S/C15H20N4O2/c1-11(10-19-4-6-21-7-5-19)17-15(20)12-2-3-13-9-16-18-14(13)8-12/h2-3,8-9,11H,4-7,10H2,1H3,(H,16,18)(H,17,20). The Balaban J connectivity index is 1.59. The zero-order valence-corrected chi connectivity index (χ0v) is 12.1. The molecule has 2 N–H and O–H groups in total. The fourth-order valence-corrected chi connectivity index (χ4v) is 2.60. The summed E-state index contributed by atoms with van der Waals surface area (Å²) in [5.74, 6) is -0.0488. The van der Waals surface area contributed by atoms with Crippen molar-refractivity contribution < 1.29 is 9.53 Å². The van der Waals surface area contributed by atoms with E-state index < -0.39 is 0 Å². The second-order valence-corrected chi connectivity index (χ2v) is 5.46. The molecule has 1 atom stereocenters. The molecule has 1 saturated heterocycles. The summed E-state index contributed by atoms with van der Waals surface area (Å²) in [5, 5.41) is 10.9. The molecule has 6 nitrogen and oxygen atoms in total. The van der Waals surface area contributed by atoms with Crippen molar-refractivity contribution in [2.24, 2.45) is 0 Å². The van der Waals surface area contributed by atoms with Gasteiger partial charge in [-0.2, -0.15) is 5.10 Å². The molecule has 1 aromatic carbocycles. The molecule has 1 unspecified atom stereocenters. The average molecular weight is 288 g/mol. The SMILES string of the molecule is CC(CN1CCOCC1)NC(=O)c1ccc2cn[nH]c2c1. The molecule has 1 aromatic heterocycles. The summed E-state index contributed by atoms with van der Waals surface area (Å²) in [6.07, 6.45) is 1.75. The molecule has 2 heterocycles. The molecule has 2 aromatic rings. The van der Waals surface area contributed by atoms with E-state index in [0.717, 1.165) is 43.8 Å². The number of H-pyrrole nitrogens is 1. The summed E-state index contributed by atoms with van der Waals surface area (Å²) in [6.45, 7) is 6.29. The molecule has 1 amide bonds. The van der Waals surface area contributed by atoms with E-state index in [1.165, 1.54) is 0 Å². The van der Waals surface area contributed by atoms with E-state index in [-0.39, 0.29) is 11.9 Å². The van der Waals surface area contributed by atoms with Gasteiger partial charge < -0.3 is 10.1 Å². The van der Waals surface area contributed by atoms with Gasteiger partial charge in [-0.1, -0.05) is 6.07 Å². The van der Waals surface area contributed by atoms with Crippen LogP contribution in [0.2, 0.25) is 0 Å². The van der Waals surface area contributed by atoms with Crippen LogP contribution in [0, 0.1) is 0 Å². The number of nitrogens with one attached hydrogen (secondary N) is 2. The normalized spacial score (nSPS) is 17.8. The summed E-state index contributed by atoms with van der Waals surface area (Å²) >= 11 is 0. The van der Waals surface area contributed by atoms with Gasteiger partial charge in [0.1, 0.15) is 0 Å². The maximum Gasteiger partial charge on any atom is 0.251 e. The van der Waals surface area contributed by atoms with Crippen molar-refractivity contribution >= 4 is 16.8 Å². The number of hydrogen-bond acceptors (Lipinski definition) is 4. The Kier molecular flexibility index (Phi) is 4.17. The van der Waals surface area contributed by atoms with Gasteiger partial charge >= 0.3 is 0 Å². The molecule has 6 heteroatoms. The van der Waals surface area contributed by atoms with Crippen molar-refractivity contribution in [2.45, 2.75) is 13.0 Å². The zero-order chi connectivity index (χ0) is 14.7. The highest BCUT2D eigenvalue weighted by Gasteiger charge is 2.16. The number of fused-ring (bicyclic) bond motifs is 1. The van der Waals surface area contributed by atoms with Crippen LogP contribution in [0.15, 0.2) is 24.4 Å². The number of rotatable bonds is 4. The molecule has 1 aliphatic rings. The topological polar surface area (TPSA) is 70.2 Å². The summed E-state index contributed by atoms with van der Waals surface area (Å²) in [6, 6.07) is 5.67. The highest BCUT2D eigenvalue weighted by Crippen LogP contribution is 2.12. The fourth-order valence-electron chi connectivity index (χ4n) is 2.60. The fraction of sp³-hybridized carbons (Fsp3) is 0.467. The largest absolute Gasteiger partial charge is 0.379 e. The van der Waals surface area contributed by atoms with Crippen molar-refractivity contribution in [1.82, 2.24) is 20.4 Å². The monoisotopic (exact) mass is 288 g/mol. The van der Waals surface area contributed by atoms with E-state index in [1.54, 1.807) is 6.20 Å². The van der Waals surface area contributed by atoms with Crippen LogP contribution in [0.4, 0.5) is 0 Å². The molecule has 112 valence electrons. The predicted molar refractivity (Wildman–Crippen MR) is 80.3 cm³/mol. The van der Waals surface area contributed by atoms with Crippen molar-refractivity contribution in [2.75, 3.05) is 32.8 Å². The third-order valence-electron chi connectivity index (χ3n) is 3.72. The first-order valence-corrected chi connectivity index (χ1v) is 7.26. The van der Waals surface area contributed by atoms with Gasteiger partial charge in [-0.3, -0.25) is 14.8 Å². The molecular formula is C15H20N4O2. The highest BCUT2D eigenvalue weighted by molar-refractivity contribution is 5.97. The van der Waals surface area contributed by atoms with Gasteiger partial charge in [-0.05, 0) is 19.1 Å². The summed E-state index contributed by atoms with van der Waals surface area (Å²) < 4.78 is 5.33.